The molecule has 160 valence electrons. The smallest absolute Gasteiger partial charge is 0.220 e. The number of nitrogens with one attached hydrogen (secondary N) is 1. The zero-order chi connectivity index (χ0) is 21.8. The fourth-order valence-corrected chi connectivity index (χ4v) is 4.20. The van der Waals surface area contributed by atoms with Crippen LogP contribution in [0.4, 0.5) is 11.8 Å². The molecule has 0 radical (unpaired) electrons. The Morgan fingerprint density at radius 2 is 1.90 bits per heavy atom. The van der Waals surface area contributed by atoms with E-state index in [4.69, 9.17) is 31.8 Å². The zero-order valence-corrected chi connectivity index (χ0v) is 19.3. The highest BCUT2D eigenvalue weighted by Crippen LogP contribution is 2.43. The average molecular weight is 448 g/mol. The molecule has 0 spiro atoms. The maximum Gasteiger partial charge on any atom is 0.220 e. The molecule has 2 heterocycles. The van der Waals surface area contributed by atoms with E-state index in [0.29, 0.717) is 38.8 Å². The maximum atomic E-state index is 6.67. The van der Waals surface area contributed by atoms with Gasteiger partial charge in [0.25, 0.3) is 0 Å². The molecule has 0 atom stereocenters. The molecule has 9 heteroatoms. The summed E-state index contributed by atoms with van der Waals surface area (Å²) in [4.78, 5) is 13.4. The van der Waals surface area contributed by atoms with Crippen LogP contribution >= 0.6 is 23.4 Å². The number of thioether (sulfide) groups is 1. The van der Waals surface area contributed by atoms with Crippen molar-refractivity contribution in [3.05, 3.63) is 28.9 Å². The Bertz CT molecular complexity index is 1030. The van der Waals surface area contributed by atoms with Gasteiger partial charge in [0.1, 0.15) is 17.0 Å². The van der Waals surface area contributed by atoms with Gasteiger partial charge in [-0.3, -0.25) is 0 Å². The minimum Gasteiger partial charge on any atom is -0.496 e. The SMILES string of the molecule is COc1cc(OC)c(Cl)c(-c2cc3cnc(N)nc3c(NCCSC(C)C)n2)c1C. The molecule has 2 aromatic heterocycles. The van der Waals surface area contributed by atoms with Crippen molar-refractivity contribution in [1.29, 1.82) is 0 Å². The summed E-state index contributed by atoms with van der Waals surface area (Å²) >= 11 is 8.54. The summed E-state index contributed by atoms with van der Waals surface area (Å²) in [5.41, 5.74) is 8.78. The largest absolute Gasteiger partial charge is 0.496 e. The Hall–Kier alpha value is -2.45. The van der Waals surface area contributed by atoms with E-state index >= 15 is 0 Å². The Labute approximate surface area is 185 Å². The van der Waals surface area contributed by atoms with Crippen molar-refractivity contribution in [3.8, 4) is 22.8 Å². The first kappa shape index (κ1) is 22.2. The van der Waals surface area contributed by atoms with Crippen LogP contribution in [0.1, 0.15) is 19.4 Å². The number of anilines is 2. The number of ether oxygens (including phenoxy) is 2. The Kier molecular flexibility index (Phi) is 7.10. The van der Waals surface area contributed by atoms with Crippen molar-refractivity contribution in [1.82, 2.24) is 15.0 Å². The number of methoxy groups -OCH3 is 2. The number of nitrogen functional groups attached to an aromatic ring is 1. The van der Waals surface area contributed by atoms with Gasteiger partial charge < -0.3 is 20.5 Å². The number of benzene rings is 1. The van der Waals surface area contributed by atoms with E-state index in [9.17, 15) is 0 Å². The predicted octanol–water partition coefficient (Wildman–Crippen LogP) is 4.81. The molecule has 3 N–H and O–H groups in total. The summed E-state index contributed by atoms with van der Waals surface area (Å²) in [7, 11) is 3.19. The first-order chi connectivity index (χ1) is 14.3. The van der Waals surface area contributed by atoms with Gasteiger partial charge in [-0.05, 0) is 18.2 Å². The number of rotatable bonds is 8. The lowest BCUT2D eigenvalue weighted by Gasteiger charge is -2.17. The van der Waals surface area contributed by atoms with Crippen LogP contribution < -0.4 is 20.5 Å². The molecule has 0 fully saturated rings. The third kappa shape index (κ3) is 4.65. The first-order valence-electron chi connectivity index (χ1n) is 9.55. The summed E-state index contributed by atoms with van der Waals surface area (Å²) in [6.45, 7) is 7.03. The standard InChI is InChI=1S/C21H26ClN5O2S/c1-11(2)30-7-6-24-20-19-13(10-25-21(23)27-19)8-14(26-20)17-12(3)15(28-4)9-16(29-5)18(17)22/h8-11H,6-7H2,1-5H3,(H,24,26)(H2,23,25,27). The van der Waals surface area contributed by atoms with Crippen molar-refractivity contribution in [2.75, 3.05) is 37.6 Å². The lowest BCUT2D eigenvalue weighted by molar-refractivity contribution is 0.393. The Morgan fingerprint density at radius 3 is 2.57 bits per heavy atom. The van der Waals surface area contributed by atoms with Crippen LogP contribution in [0.15, 0.2) is 18.3 Å². The van der Waals surface area contributed by atoms with Crippen LogP contribution in [0, 0.1) is 6.92 Å². The van der Waals surface area contributed by atoms with Crippen LogP contribution in [-0.2, 0) is 0 Å². The van der Waals surface area contributed by atoms with Crippen molar-refractivity contribution >= 4 is 46.0 Å². The fraction of sp³-hybridized carbons (Fsp3) is 0.381. The van der Waals surface area contributed by atoms with Crippen molar-refractivity contribution < 1.29 is 9.47 Å². The topological polar surface area (TPSA) is 95.2 Å². The normalized spacial score (nSPS) is 11.2. The fourth-order valence-electron chi connectivity index (χ4n) is 3.14. The van der Waals surface area contributed by atoms with E-state index in [-0.39, 0.29) is 5.95 Å². The summed E-state index contributed by atoms with van der Waals surface area (Å²) < 4.78 is 11.0. The number of fused-ring (bicyclic) bond motifs is 1. The number of pyridine rings is 1. The summed E-state index contributed by atoms with van der Waals surface area (Å²) in [6, 6.07) is 3.67. The van der Waals surface area contributed by atoms with Gasteiger partial charge in [0.15, 0.2) is 5.82 Å². The second-order valence-corrected chi connectivity index (χ2v) is 9.03. The van der Waals surface area contributed by atoms with Crippen LogP contribution in [0.25, 0.3) is 22.2 Å². The highest BCUT2D eigenvalue weighted by atomic mass is 35.5. The van der Waals surface area contributed by atoms with Crippen molar-refractivity contribution in [2.45, 2.75) is 26.0 Å². The van der Waals surface area contributed by atoms with Gasteiger partial charge in [-0.25, -0.2) is 15.0 Å². The summed E-state index contributed by atoms with van der Waals surface area (Å²) in [5.74, 6) is 2.97. The van der Waals surface area contributed by atoms with Crippen molar-refractivity contribution in [2.24, 2.45) is 0 Å². The molecular weight excluding hydrogens is 422 g/mol. The van der Waals surface area contributed by atoms with E-state index < -0.39 is 0 Å². The molecule has 30 heavy (non-hydrogen) atoms. The van der Waals surface area contributed by atoms with E-state index in [0.717, 1.165) is 28.8 Å². The van der Waals surface area contributed by atoms with Gasteiger partial charge in [-0.1, -0.05) is 25.4 Å². The number of nitrogens with zero attached hydrogens (tertiary/aromatic N) is 3. The molecule has 0 saturated carbocycles. The minimum absolute atomic E-state index is 0.203. The number of hydrogen-bond donors (Lipinski definition) is 2. The quantitative estimate of drug-likeness (QED) is 0.475. The number of aromatic nitrogens is 3. The third-order valence-electron chi connectivity index (χ3n) is 4.57. The third-order valence-corrected chi connectivity index (χ3v) is 6.05. The number of nitrogens with two attached hydrogens (primary N) is 1. The summed E-state index contributed by atoms with van der Waals surface area (Å²) in [6.07, 6.45) is 1.69. The molecule has 1 aromatic carbocycles. The second kappa shape index (κ2) is 9.57. The van der Waals surface area contributed by atoms with Gasteiger partial charge in [-0.15, -0.1) is 0 Å². The highest BCUT2D eigenvalue weighted by molar-refractivity contribution is 7.99. The molecule has 0 aliphatic carbocycles. The van der Waals surface area contributed by atoms with E-state index in [1.807, 2.05) is 24.8 Å². The molecule has 0 aliphatic heterocycles. The van der Waals surface area contributed by atoms with Crippen molar-refractivity contribution in [3.63, 3.8) is 0 Å². The molecular formula is C21H26ClN5O2S. The molecule has 0 amide bonds. The van der Waals surface area contributed by atoms with Crippen LogP contribution in [-0.4, -0.2) is 46.7 Å². The highest BCUT2D eigenvalue weighted by Gasteiger charge is 2.20. The molecule has 0 saturated heterocycles. The monoisotopic (exact) mass is 447 g/mol. The van der Waals surface area contributed by atoms with Crippen LogP contribution in [0.3, 0.4) is 0 Å². The lowest BCUT2D eigenvalue weighted by Crippen LogP contribution is -2.09. The number of halogens is 1. The van der Waals surface area contributed by atoms with E-state index in [2.05, 4.69) is 29.1 Å². The molecule has 0 unspecified atom stereocenters. The average Bonchev–Trinajstić information content (AvgIpc) is 2.71. The molecule has 0 aliphatic rings. The van der Waals surface area contributed by atoms with E-state index in [1.54, 1.807) is 26.5 Å². The Morgan fingerprint density at radius 1 is 1.17 bits per heavy atom. The summed E-state index contributed by atoms with van der Waals surface area (Å²) in [5, 5.41) is 5.24. The predicted molar refractivity (Wildman–Crippen MR) is 126 cm³/mol. The minimum atomic E-state index is 0.203. The Balaban J connectivity index is 2.14. The zero-order valence-electron chi connectivity index (χ0n) is 17.7. The van der Waals surface area contributed by atoms with Crippen LogP contribution in [0.2, 0.25) is 5.02 Å². The van der Waals surface area contributed by atoms with Gasteiger partial charge >= 0.3 is 0 Å². The van der Waals surface area contributed by atoms with E-state index in [1.165, 1.54) is 0 Å². The van der Waals surface area contributed by atoms with Gasteiger partial charge in [0.2, 0.25) is 5.95 Å². The molecule has 3 aromatic rings. The first-order valence-corrected chi connectivity index (χ1v) is 11.0. The molecule has 7 nitrogen and oxygen atoms in total. The lowest BCUT2D eigenvalue weighted by atomic mass is 10.0. The van der Waals surface area contributed by atoms with Crippen LogP contribution in [0.5, 0.6) is 11.5 Å². The molecule has 0 bridgehead atoms. The van der Waals surface area contributed by atoms with Gasteiger partial charge in [0, 0.05) is 41.1 Å². The second-order valence-electron chi connectivity index (χ2n) is 6.96. The maximum absolute atomic E-state index is 6.67. The number of hydrogen-bond acceptors (Lipinski definition) is 8. The van der Waals surface area contributed by atoms with Gasteiger partial charge in [0.05, 0.1) is 24.9 Å². The van der Waals surface area contributed by atoms with Gasteiger partial charge in [-0.2, -0.15) is 11.8 Å². The molecule has 3 rings (SSSR count).